The van der Waals surface area contributed by atoms with Crippen molar-refractivity contribution in [1.82, 2.24) is 10.2 Å². The van der Waals surface area contributed by atoms with Gasteiger partial charge in [-0.25, -0.2) is 0 Å². The van der Waals surface area contributed by atoms with Gasteiger partial charge >= 0.3 is 0 Å². The van der Waals surface area contributed by atoms with Gasteiger partial charge in [0.25, 0.3) is 0 Å². The van der Waals surface area contributed by atoms with E-state index in [1.54, 1.807) is 0 Å². The van der Waals surface area contributed by atoms with Gasteiger partial charge in [0.2, 0.25) is 5.91 Å². The summed E-state index contributed by atoms with van der Waals surface area (Å²) in [5.41, 5.74) is 0. The van der Waals surface area contributed by atoms with Crippen LogP contribution in [0.25, 0.3) is 0 Å². The monoisotopic (exact) mass is 226 g/mol. The lowest BCUT2D eigenvalue weighted by Gasteiger charge is -2.31. The normalized spacial score (nSPS) is 39.7. The highest BCUT2D eigenvalue weighted by molar-refractivity contribution is 7.99. The van der Waals surface area contributed by atoms with Gasteiger partial charge in [0, 0.05) is 36.7 Å². The van der Waals surface area contributed by atoms with Crippen molar-refractivity contribution in [3.63, 3.8) is 0 Å². The van der Waals surface area contributed by atoms with Crippen molar-refractivity contribution in [2.24, 2.45) is 5.92 Å². The fraction of sp³-hybridized carbons (Fsp3) is 0.909. The second kappa shape index (κ2) is 3.98. The predicted octanol–water partition coefficient (Wildman–Crippen LogP) is 0.702. The Hall–Kier alpha value is -0.220. The van der Waals surface area contributed by atoms with Gasteiger partial charge in [-0.05, 0) is 19.3 Å². The van der Waals surface area contributed by atoms with E-state index in [9.17, 15) is 4.79 Å². The van der Waals surface area contributed by atoms with Gasteiger partial charge in [-0.1, -0.05) is 0 Å². The molecule has 3 aliphatic rings. The fourth-order valence-electron chi connectivity index (χ4n) is 3.12. The van der Waals surface area contributed by atoms with E-state index in [4.69, 9.17) is 0 Å². The van der Waals surface area contributed by atoms with Crippen LogP contribution < -0.4 is 5.32 Å². The number of carbonyl (C=O) groups excluding carboxylic acids is 1. The van der Waals surface area contributed by atoms with Gasteiger partial charge in [0.1, 0.15) is 0 Å². The maximum Gasteiger partial charge on any atom is 0.227 e. The van der Waals surface area contributed by atoms with E-state index < -0.39 is 0 Å². The first kappa shape index (κ1) is 9.97. The van der Waals surface area contributed by atoms with Crippen LogP contribution in [0.5, 0.6) is 0 Å². The van der Waals surface area contributed by atoms with Crippen LogP contribution in [-0.4, -0.2) is 47.5 Å². The average Bonchev–Trinajstić information content (AvgIpc) is 2.91. The summed E-state index contributed by atoms with van der Waals surface area (Å²) < 4.78 is 0. The zero-order valence-corrected chi connectivity index (χ0v) is 9.76. The smallest absolute Gasteiger partial charge is 0.227 e. The topological polar surface area (TPSA) is 32.3 Å². The van der Waals surface area contributed by atoms with Crippen molar-refractivity contribution in [2.45, 2.75) is 31.3 Å². The molecule has 3 rings (SSSR count). The zero-order chi connectivity index (χ0) is 10.3. The Balaban J connectivity index is 1.64. The summed E-state index contributed by atoms with van der Waals surface area (Å²) in [4.78, 5) is 14.4. The Morgan fingerprint density at radius 1 is 1.27 bits per heavy atom. The zero-order valence-electron chi connectivity index (χ0n) is 8.95. The molecule has 0 aliphatic carbocycles. The summed E-state index contributed by atoms with van der Waals surface area (Å²) in [6.07, 6.45) is 3.58. The van der Waals surface area contributed by atoms with Crippen molar-refractivity contribution in [1.29, 1.82) is 0 Å². The number of fused-ring (bicyclic) bond motifs is 2. The molecule has 0 aromatic heterocycles. The molecular formula is C11H18N2OS. The summed E-state index contributed by atoms with van der Waals surface area (Å²) >= 11 is 1.96. The Labute approximate surface area is 95.0 Å². The third-order valence-electron chi connectivity index (χ3n) is 3.94. The summed E-state index contributed by atoms with van der Waals surface area (Å²) in [6.45, 7) is 1.94. The van der Waals surface area contributed by atoms with Crippen molar-refractivity contribution in [3.05, 3.63) is 0 Å². The first-order valence-corrected chi connectivity index (χ1v) is 7.12. The summed E-state index contributed by atoms with van der Waals surface area (Å²) in [5, 5.41) is 3.55. The van der Waals surface area contributed by atoms with Gasteiger partial charge in [0.05, 0.1) is 5.92 Å². The predicted molar refractivity (Wildman–Crippen MR) is 62.0 cm³/mol. The van der Waals surface area contributed by atoms with Gasteiger partial charge in [0.15, 0.2) is 0 Å². The maximum atomic E-state index is 12.3. The second-order valence-electron chi connectivity index (χ2n) is 4.83. The number of thioether (sulfide) groups is 1. The molecule has 3 atom stereocenters. The van der Waals surface area contributed by atoms with E-state index in [0.29, 0.717) is 23.9 Å². The van der Waals surface area contributed by atoms with Crippen LogP contribution in [0.4, 0.5) is 0 Å². The quantitative estimate of drug-likeness (QED) is 0.714. The summed E-state index contributed by atoms with van der Waals surface area (Å²) in [7, 11) is 0. The van der Waals surface area contributed by atoms with Crippen LogP contribution in [0.2, 0.25) is 0 Å². The van der Waals surface area contributed by atoms with Crippen LogP contribution in [0, 0.1) is 5.92 Å². The average molecular weight is 226 g/mol. The molecule has 3 saturated heterocycles. The standard InChI is InChI=1S/C11H18N2OS/c14-11(13-3-5-15-6-4-13)9-7-8-1-2-10(9)12-8/h8-10,12H,1-7H2. The number of amides is 1. The number of nitrogens with zero attached hydrogens (tertiary/aromatic N) is 1. The molecule has 3 heterocycles. The van der Waals surface area contributed by atoms with E-state index in [1.165, 1.54) is 12.8 Å². The molecule has 0 saturated carbocycles. The third kappa shape index (κ3) is 1.78. The summed E-state index contributed by atoms with van der Waals surface area (Å²) in [6, 6.07) is 1.14. The van der Waals surface area contributed by atoms with Crippen LogP contribution in [-0.2, 0) is 4.79 Å². The molecule has 0 aromatic rings. The molecular weight excluding hydrogens is 208 g/mol. The number of hydrogen-bond acceptors (Lipinski definition) is 3. The molecule has 1 N–H and O–H groups in total. The third-order valence-corrected chi connectivity index (χ3v) is 4.88. The van der Waals surface area contributed by atoms with Gasteiger partial charge in [-0.3, -0.25) is 4.79 Å². The van der Waals surface area contributed by atoms with Gasteiger partial charge < -0.3 is 10.2 Å². The van der Waals surface area contributed by atoms with Crippen molar-refractivity contribution in [3.8, 4) is 0 Å². The molecule has 4 heteroatoms. The van der Waals surface area contributed by atoms with E-state index in [2.05, 4.69) is 10.2 Å². The number of nitrogens with one attached hydrogen (secondary N) is 1. The van der Waals surface area contributed by atoms with Crippen LogP contribution in [0.1, 0.15) is 19.3 Å². The maximum absolute atomic E-state index is 12.3. The van der Waals surface area contributed by atoms with Crippen molar-refractivity contribution in [2.75, 3.05) is 24.6 Å². The molecule has 2 bridgehead atoms. The van der Waals surface area contributed by atoms with Crippen LogP contribution in [0.3, 0.4) is 0 Å². The Morgan fingerprint density at radius 2 is 2.07 bits per heavy atom. The molecule has 0 aromatic carbocycles. The summed E-state index contributed by atoms with van der Waals surface area (Å²) in [5.74, 6) is 2.97. The van der Waals surface area contributed by atoms with E-state index >= 15 is 0 Å². The van der Waals surface area contributed by atoms with E-state index in [0.717, 1.165) is 31.0 Å². The van der Waals surface area contributed by atoms with Gasteiger partial charge in [-0.2, -0.15) is 11.8 Å². The first-order valence-electron chi connectivity index (χ1n) is 5.97. The number of hydrogen-bond donors (Lipinski definition) is 1. The highest BCUT2D eigenvalue weighted by Gasteiger charge is 2.44. The lowest BCUT2D eigenvalue weighted by molar-refractivity contribution is -0.135. The highest BCUT2D eigenvalue weighted by Crippen LogP contribution is 2.34. The molecule has 3 unspecified atom stereocenters. The minimum atomic E-state index is 0.298. The van der Waals surface area contributed by atoms with Gasteiger partial charge in [-0.15, -0.1) is 0 Å². The molecule has 3 fully saturated rings. The minimum Gasteiger partial charge on any atom is -0.341 e. The Kier molecular flexibility index (Phi) is 2.64. The molecule has 1 amide bonds. The van der Waals surface area contributed by atoms with E-state index in [1.807, 2.05) is 11.8 Å². The molecule has 3 aliphatic heterocycles. The lowest BCUT2D eigenvalue weighted by atomic mass is 9.88. The molecule has 15 heavy (non-hydrogen) atoms. The molecule has 0 spiro atoms. The number of carbonyl (C=O) groups is 1. The lowest BCUT2D eigenvalue weighted by Crippen LogP contribution is -2.44. The molecule has 84 valence electrons. The Morgan fingerprint density at radius 3 is 2.67 bits per heavy atom. The van der Waals surface area contributed by atoms with Crippen LogP contribution >= 0.6 is 11.8 Å². The fourth-order valence-corrected chi connectivity index (χ4v) is 4.02. The Bertz CT molecular complexity index is 265. The molecule has 3 nitrogen and oxygen atoms in total. The van der Waals surface area contributed by atoms with Crippen molar-refractivity contribution < 1.29 is 4.79 Å². The van der Waals surface area contributed by atoms with Crippen molar-refractivity contribution >= 4 is 17.7 Å². The minimum absolute atomic E-state index is 0.298. The van der Waals surface area contributed by atoms with E-state index in [-0.39, 0.29) is 0 Å². The van der Waals surface area contributed by atoms with Crippen LogP contribution in [0.15, 0.2) is 0 Å². The molecule has 0 radical (unpaired) electrons. The first-order chi connectivity index (χ1) is 7.34. The second-order valence-corrected chi connectivity index (χ2v) is 6.05. The number of rotatable bonds is 1. The highest BCUT2D eigenvalue weighted by atomic mass is 32.2. The largest absolute Gasteiger partial charge is 0.341 e. The SMILES string of the molecule is O=C(C1CC2CCC1N2)N1CCSCC1.